The molecule has 0 heterocycles. The van der Waals surface area contributed by atoms with Crippen LogP contribution in [0.15, 0.2) is 30.3 Å². The molecule has 1 aromatic rings. The number of hydrogen-bond donors (Lipinski definition) is 0. The minimum absolute atomic E-state index is 0. The van der Waals surface area contributed by atoms with Gasteiger partial charge in [-0.1, -0.05) is 0 Å². The Bertz CT molecular complexity index is 154. The zero-order chi connectivity index (χ0) is 5.82. The van der Waals surface area contributed by atoms with Gasteiger partial charge in [0.25, 0.3) is 0 Å². The van der Waals surface area contributed by atoms with Gasteiger partial charge >= 0.3 is 73.1 Å². The molecule has 0 unspecified atom stereocenters. The van der Waals surface area contributed by atoms with E-state index in [0.717, 1.165) is 4.46 Å². The molecule has 0 N–H and O–H groups in total. The Morgan fingerprint density at radius 3 is 2.00 bits per heavy atom. The summed E-state index contributed by atoms with van der Waals surface area (Å²) >= 11 is -0.582. The molecular weight excluding hydrogens is 174 g/mol. The van der Waals surface area contributed by atoms with Crippen molar-refractivity contribution in [1.29, 1.82) is 0 Å². The number of rotatable bonds is 1. The van der Waals surface area contributed by atoms with Crippen molar-refractivity contribution in [3.63, 3.8) is 0 Å². The van der Waals surface area contributed by atoms with Crippen LogP contribution < -0.4 is 27.5 Å². The normalized spacial score (nSPS) is 8.11. The van der Waals surface area contributed by atoms with Crippen molar-refractivity contribution in [1.82, 2.24) is 0 Å². The molecule has 0 atom stereocenters. The topological polar surface area (TPSA) is 23.1 Å². The zero-order valence-corrected chi connectivity index (χ0v) is 6.92. The fraction of sp³-hybridized carbons (Fsp3) is 0. The third-order valence-electron chi connectivity index (χ3n) is 0.839. The van der Waals surface area contributed by atoms with Gasteiger partial charge in [0.2, 0.25) is 0 Å². The van der Waals surface area contributed by atoms with E-state index in [0.29, 0.717) is 0 Å². The van der Waals surface area contributed by atoms with Crippen LogP contribution in [-0.2, 0) is 0 Å². The van der Waals surface area contributed by atoms with Crippen LogP contribution in [0.5, 0.6) is 0 Å². The molecule has 0 aliphatic rings. The maximum atomic E-state index is 10.2. The fourth-order valence-corrected chi connectivity index (χ4v) is 1.04. The van der Waals surface area contributed by atoms with E-state index in [1.54, 1.807) is 0 Å². The van der Waals surface area contributed by atoms with Crippen LogP contribution in [0.4, 0.5) is 0 Å². The molecule has 0 fully saturated rings. The van der Waals surface area contributed by atoms with E-state index in [-0.39, 0.29) is 18.9 Å². The Morgan fingerprint density at radius 2 is 1.67 bits per heavy atom. The van der Waals surface area contributed by atoms with Gasteiger partial charge in [-0.15, -0.1) is 0 Å². The number of hydrogen-bond acceptors (Lipinski definition) is 1. The van der Waals surface area contributed by atoms with E-state index < -0.39 is 15.3 Å². The van der Waals surface area contributed by atoms with E-state index in [2.05, 4.69) is 0 Å². The standard InChI is InChI=1S/C6H6OSe.Li/c7-8-6-4-2-1-3-5-6;/h1-5,7H;/q;+1/p-1. The molecule has 0 amide bonds. The summed E-state index contributed by atoms with van der Waals surface area (Å²) in [6, 6.07) is 9.39. The number of benzene rings is 1. The fourth-order valence-electron chi connectivity index (χ4n) is 0.476. The van der Waals surface area contributed by atoms with Gasteiger partial charge in [-0.2, -0.15) is 0 Å². The average Bonchev–Trinajstić information content (AvgIpc) is 1.90. The molecule has 1 rings (SSSR count). The summed E-state index contributed by atoms with van der Waals surface area (Å²) < 4.78 is 11.1. The van der Waals surface area contributed by atoms with Gasteiger partial charge in [-0.05, 0) is 0 Å². The molecule has 0 bridgehead atoms. The molecule has 0 aliphatic heterocycles. The summed E-state index contributed by atoms with van der Waals surface area (Å²) in [7, 11) is 0. The van der Waals surface area contributed by atoms with Gasteiger partial charge < -0.3 is 0 Å². The third kappa shape index (κ3) is 3.10. The molecule has 1 aromatic carbocycles. The third-order valence-corrected chi connectivity index (χ3v) is 1.81. The molecule has 0 aliphatic carbocycles. The first kappa shape index (κ1) is 9.30. The summed E-state index contributed by atoms with van der Waals surface area (Å²) in [4.78, 5) is 0. The Kier molecular flexibility index (Phi) is 5.28. The molecule has 0 saturated carbocycles. The summed E-state index contributed by atoms with van der Waals surface area (Å²) in [5.74, 6) is 0. The first-order valence-electron chi connectivity index (χ1n) is 2.28. The van der Waals surface area contributed by atoms with E-state index >= 15 is 0 Å². The monoisotopic (exact) mass is 180 g/mol. The summed E-state index contributed by atoms with van der Waals surface area (Å²) in [6.45, 7) is 0. The molecule has 3 heteroatoms. The van der Waals surface area contributed by atoms with Crippen molar-refractivity contribution in [2.45, 2.75) is 0 Å². The van der Waals surface area contributed by atoms with Gasteiger partial charge in [-0.25, -0.2) is 0 Å². The molecule has 0 saturated heterocycles. The Hall–Kier alpha value is 0.297. The van der Waals surface area contributed by atoms with Gasteiger partial charge in [0.1, 0.15) is 0 Å². The van der Waals surface area contributed by atoms with Crippen LogP contribution in [-0.4, -0.2) is 15.3 Å². The second-order valence-corrected chi connectivity index (χ2v) is 2.74. The van der Waals surface area contributed by atoms with E-state index in [1.165, 1.54) is 0 Å². The second-order valence-electron chi connectivity index (χ2n) is 1.40. The van der Waals surface area contributed by atoms with Crippen molar-refractivity contribution >= 4 is 19.7 Å². The molecule has 0 spiro atoms. The predicted molar refractivity (Wildman–Crippen MR) is 31.8 cm³/mol. The van der Waals surface area contributed by atoms with Gasteiger partial charge in [-0.3, -0.25) is 0 Å². The second kappa shape index (κ2) is 5.11. The Morgan fingerprint density at radius 1 is 1.11 bits per heavy atom. The summed E-state index contributed by atoms with van der Waals surface area (Å²) in [5, 5.41) is 0. The van der Waals surface area contributed by atoms with Crippen molar-refractivity contribution < 1.29 is 23.0 Å². The van der Waals surface area contributed by atoms with Crippen LogP contribution in [0, 0.1) is 0 Å². The maximum absolute atomic E-state index is 10.2. The molecule has 42 valence electrons. The van der Waals surface area contributed by atoms with Crippen LogP contribution in [0.2, 0.25) is 0 Å². The molecular formula is C6H5LiOSe. The zero-order valence-electron chi connectivity index (χ0n) is 5.20. The van der Waals surface area contributed by atoms with Gasteiger partial charge in [0.05, 0.1) is 0 Å². The van der Waals surface area contributed by atoms with Crippen molar-refractivity contribution in [3.05, 3.63) is 30.3 Å². The average molecular weight is 179 g/mol. The quantitative estimate of drug-likeness (QED) is 0.407. The molecule has 0 radical (unpaired) electrons. The van der Waals surface area contributed by atoms with Crippen LogP contribution >= 0.6 is 0 Å². The SMILES string of the molecule is [Li+].[O-][Se]c1ccccc1. The van der Waals surface area contributed by atoms with Crippen molar-refractivity contribution in [2.75, 3.05) is 0 Å². The molecule has 0 aromatic heterocycles. The van der Waals surface area contributed by atoms with E-state index in [9.17, 15) is 4.19 Å². The Labute approximate surface area is 73.1 Å². The van der Waals surface area contributed by atoms with Gasteiger partial charge in [0.15, 0.2) is 0 Å². The summed E-state index contributed by atoms with van der Waals surface area (Å²) in [6.07, 6.45) is 0. The van der Waals surface area contributed by atoms with Crippen LogP contribution in [0.3, 0.4) is 0 Å². The first-order chi connectivity index (χ1) is 3.93. The van der Waals surface area contributed by atoms with Gasteiger partial charge in [0, 0.05) is 0 Å². The Balaban J connectivity index is 0.000000640. The molecule has 1 nitrogen and oxygen atoms in total. The van der Waals surface area contributed by atoms with Crippen LogP contribution in [0.25, 0.3) is 0 Å². The van der Waals surface area contributed by atoms with Crippen LogP contribution in [0.1, 0.15) is 0 Å². The first-order valence-corrected chi connectivity index (χ1v) is 3.84. The minimum atomic E-state index is -0.582. The van der Waals surface area contributed by atoms with Crippen molar-refractivity contribution in [3.8, 4) is 0 Å². The van der Waals surface area contributed by atoms with E-state index in [4.69, 9.17) is 0 Å². The molecule has 9 heavy (non-hydrogen) atoms. The van der Waals surface area contributed by atoms with Crippen molar-refractivity contribution in [2.24, 2.45) is 0 Å². The summed E-state index contributed by atoms with van der Waals surface area (Å²) in [5.41, 5.74) is 0. The van der Waals surface area contributed by atoms with E-state index in [1.807, 2.05) is 30.3 Å². The predicted octanol–water partition coefficient (Wildman–Crippen LogP) is -3.70.